The van der Waals surface area contributed by atoms with Crippen molar-refractivity contribution in [2.45, 2.75) is 189 Å². The fourth-order valence-electron chi connectivity index (χ4n) is 13.0. The molecule has 1 N–H and O–H groups in total. The monoisotopic (exact) mass is 1180 g/mol. The minimum absolute atomic E-state index is 0.00598. The van der Waals surface area contributed by atoms with Gasteiger partial charge in [-0.1, -0.05) is 99.8 Å². The number of nitrogens with zero attached hydrogens (tertiary/aromatic N) is 1. The van der Waals surface area contributed by atoms with Crippen molar-refractivity contribution in [3.63, 3.8) is 0 Å². The van der Waals surface area contributed by atoms with Gasteiger partial charge < -0.3 is 52.2 Å². The maximum absolute atomic E-state index is 16.8. The molecular weight excluding hydrogens is 1110 g/mol. The van der Waals surface area contributed by atoms with Crippen LogP contribution in [0.25, 0.3) is 0 Å². The predicted molar refractivity (Wildman–Crippen MR) is 291 cm³/mol. The van der Waals surface area contributed by atoms with Crippen LogP contribution in [0.4, 0.5) is 9.59 Å². The largest absolute Gasteiger partial charge is 0.509 e. The van der Waals surface area contributed by atoms with Gasteiger partial charge >= 0.3 is 30.2 Å². The molecule has 0 aromatic heterocycles. The first-order valence-corrected chi connectivity index (χ1v) is 30.7. The van der Waals surface area contributed by atoms with Gasteiger partial charge in [0.2, 0.25) is 3.79 Å². The lowest BCUT2D eigenvalue weighted by Crippen LogP contribution is -2.82. The summed E-state index contributed by atoms with van der Waals surface area (Å²) in [5.41, 5.74) is -8.12. The third kappa shape index (κ3) is 11.3. The third-order valence-corrected chi connectivity index (χ3v) is 22.5. The molecule has 2 heterocycles. The summed E-state index contributed by atoms with van der Waals surface area (Å²) >= 11 is 18.2. The lowest BCUT2D eigenvalue weighted by molar-refractivity contribution is -0.344. The molecule has 5 fully saturated rings. The van der Waals surface area contributed by atoms with E-state index in [9.17, 15) is 24.3 Å². The number of alkyl halides is 3. The van der Waals surface area contributed by atoms with Crippen LogP contribution in [0.5, 0.6) is 5.75 Å². The minimum atomic E-state index is -2.74. The fraction of sp³-hybridized carbons (Fsp3) is 0.649. The van der Waals surface area contributed by atoms with Crippen molar-refractivity contribution in [2.75, 3.05) is 20.3 Å². The van der Waals surface area contributed by atoms with E-state index in [1.54, 1.807) is 90.9 Å². The number of carbonyl (C=O) groups is 6. The summed E-state index contributed by atoms with van der Waals surface area (Å²) in [5, 5.41) is 14.4. The van der Waals surface area contributed by atoms with Gasteiger partial charge in [0.25, 0.3) is 0 Å². The second-order valence-electron chi connectivity index (χ2n) is 23.6. The van der Waals surface area contributed by atoms with Gasteiger partial charge in [-0.2, -0.15) is 0 Å². The minimum Gasteiger partial charge on any atom is -0.497 e. The van der Waals surface area contributed by atoms with Gasteiger partial charge in [0.05, 0.1) is 42.8 Å². The number of esters is 3. The Balaban J connectivity index is 1.34. The normalized spacial score (nSPS) is 32.2. The topological polar surface area (TPSA) is 218 Å². The molecule has 2 aromatic carbocycles. The third-order valence-electron chi connectivity index (χ3n) is 17.5. The highest BCUT2D eigenvalue weighted by Crippen LogP contribution is 2.65. The number of rotatable bonds is 15. The maximum Gasteiger partial charge on any atom is 0.509 e. The summed E-state index contributed by atoms with van der Waals surface area (Å²) < 4.78 is 60.9. The van der Waals surface area contributed by atoms with E-state index >= 15 is 9.59 Å². The molecule has 18 nitrogen and oxygen atoms in total. The Morgan fingerprint density at radius 1 is 0.899 bits per heavy atom. The second kappa shape index (κ2) is 22.4. The summed E-state index contributed by atoms with van der Waals surface area (Å²) in [6, 6.07) is 15.9. The van der Waals surface area contributed by atoms with E-state index in [0.717, 1.165) is 0 Å². The van der Waals surface area contributed by atoms with Crippen LogP contribution in [-0.2, 0) is 56.7 Å². The number of aliphatic hydroxyl groups is 1. The number of halogens is 3. The molecule has 6 aliphatic rings. The second-order valence-corrected chi connectivity index (χ2v) is 30.8. The van der Waals surface area contributed by atoms with Gasteiger partial charge in [-0.05, 0) is 107 Å². The molecule has 2 aromatic rings. The molecule has 22 heteroatoms. The number of amides is 1. The van der Waals surface area contributed by atoms with Crippen molar-refractivity contribution in [3.05, 3.63) is 76.9 Å². The maximum atomic E-state index is 16.8. The number of fused-ring (bicyclic) bond motifs is 5. The highest BCUT2D eigenvalue weighted by atomic mass is 35.6. The van der Waals surface area contributed by atoms with Crippen LogP contribution in [0.3, 0.4) is 0 Å². The summed E-state index contributed by atoms with van der Waals surface area (Å²) in [7, 11) is -1.22. The summed E-state index contributed by atoms with van der Waals surface area (Å²) in [4.78, 5) is 90.7. The zero-order chi connectivity index (χ0) is 58.0. The van der Waals surface area contributed by atoms with Gasteiger partial charge in [0.15, 0.2) is 38.1 Å². The Kier molecular flexibility index (Phi) is 17.2. The van der Waals surface area contributed by atoms with Crippen molar-refractivity contribution >= 4 is 79.1 Å². The average molecular weight is 1180 g/mol. The molecule has 79 heavy (non-hydrogen) atoms. The van der Waals surface area contributed by atoms with Crippen LogP contribution in [0.1, 0.15) is 124 Å². The van der Waals surface area contributed by atoms with E-state index in [0.29, 0.717) is 42.3 Å². The summed E-state index contributed by atoms with van der Waals surface area (Å²) in [6.07, 6.45) is -11.3. The molecule has 2 bridgehead atoms. The molecule has 12 atom stereocenters. The fourth-order valence-corrected chi connectivity index (χ4v) is 16.1. The van der Waals surface area contributed by atoms with Gasteiger partial charge in [0, 0.05) is 30.7 Å². The van der Waals surface area contributed by atoms with Crippen LogP contribution in [0.15, 0.2) is 65.7 Å². The van der Waals surface area contributed by atoms with Crippen molar-refractivity contribution in [1.82, 2.24) is 4.90 Å². The van der Waals surface area contributed by atoms with Crippen molar-refractivity contribution in [3.8, 4) is 5.75 Å². The number of ketones is 1. The highest BCUT2D eigenvalue weighted by Gasteiger charge is 2.79. The van der Waals surface area contributed by atoms with E-state index < -0.39 is 144 Å². The number of hydrogen-bond donors (Lipinski definition) is 1. The Morgan fingerprint density at radius 2 is 1.53 bits per heavy atom. The molecule has 2 aliphatic heterocycles. The molecule has 0 spiro atoms. The van der Waals surface area contributed by atoms with E-state index in [1.807, 2.05) is 20.8 Å². The van der Waals surface area contributed by atoms with Gasteiger partial charge in [-0.25, -0.2) is 19.2 Å². The van der Waals surface area contributed by atoms with E-state index in [-0.39, 0.29) is 35.7 Å². The molecule has 0 radical (unpaired) electrons. The van der Waals surface area contributed by atoms with Crippen LogP contribution in [0.2, 0.25) is 18.1 Å². The predicted octanol–water partition coefficient (Wildman–Crippen LogP) is 10.3. The molecule has 1 amide bonds. The Bertz CT molecular complexity index is 2680. The quantitative estimate of drug-likeness (QED) is 0.0576. The smallest absolute Gasteiger partial charge is 0.497 e. The van der Waals surface area contributed by atoms with Crippen molar-refractivity contribution in [1.29, 1.82) is 0 Å². The molecule has 2 saturated heterocycles. The highest BCUT2D eigenvalue weighted by molar-refractivity contribution is 6.73. The lowest BCUT2D eigenvalue weighted by atomic mass is 9.44. The molecule has 4 aliphatic carbocycles. The number of benzene rings is 2. The number of Topliss-reactive ketones (excluding diaryl/α,β-unsaturated/α-hetero) is 1. The Labute approximate surface area is 477 Å². The van der Waals surface area contributed by atoms with Crippen molar-refractivity contribution in [2.24, 2.45) is 22.7 Å². The molecule has 1 unspecified atom stereocenters. The zero-order valence-electron chi connectivity index (χ0n) is 46.9. The van der Waals surface area contributed by atoms with Crippen LogP contribution in [0, 0.1) is 22.7 Å². The number of hydrogen-bond acceptors (Lipinski definition) is 17. The summed E-state index contributed by atoms with van der Waals surface area (Å²) in [6.45, 7) is 17.8. The van der Waals surface area contributed by atoms with E-state index in [4.69, 9.17) is 81.9 Å². The van der Waals surface area contributed by atoms with E-state index in [1.165, 1.54) is 31.1 Å². The van der Waals surface area contributed by atoms with Crippen LogP contribution in [-0.4, -0.2) is 138 Å². The average Bonchev–Trinajstić information content (AvgIpc) is 4.15. The molecule has 3 saturated carbocycles. The number of methoxy groups -OCH3 is 1. The first kappa shape index (κ1) is 60.6. The Morgan fingerprint density at radius 3 is 2.06 bits per heavy atom. The standard InChI is InChI=1S/C57H74Cl3NO17Si/c1-13-79(14-2,15-3)78-38-27-39-55(29-70-39,76-32(5)62)44-46(75-48(64)35-19-17-16-18-20-35)56(68)28-37(31(4)40(53(56,9)10)42(45(63)54(38,44)11)74-51(67)71-30-57(58,59)60)72-49(65)43-41(33-21-22-33)61(50(66)77-52(6,7)8)47(73-43)34-23-25-36(69-12)26-24-34/h16-20,23-26,33,37-39,41-44,46-47,68H,13-15,21-22,27-30H2,1-12H3/t37-,38-,39+,41-,42+,43+,44-,46-,47?,54+,55-,56+/m0/s1. The number of carbonyl (C=O) groups excluding carboxylic acids is 6. The molecule has 434 valence electrons. The van der Waals surface area contributed by atoms with Crippen LogP contribution < -0.4 is 4.74 Å². The molecular formula is C57H74Cl3NO17Si. The Hall–Kier alpha value is -4.47. The van der Waals surface area contributed by atoms with Gasteiger partial charge in [-0.15, -0.1) is 0 Å². The van der Waals surface area contributed by atoms with Gasteiger partial charge in [-0.3, -0.25) is 14.5 Å². The van der Waals surface area contributed by atoms with Crippen LogP contribution >= 0.6 is 34.8 Å². The number of ether oxygens (including phenoxy) is 9. The van der Waals surface area contributed by atoms with Gasteiger partial charge in [0.1, 0.15) is 41.9 Å². The first-order chi connectivity index (χ1) is 36.9. The SMILES string of the molecule is CC[Si](CC)(CC)O[C@H]1C[C@H]2OC[C@@]2(OC(C)=O)[C@H]2[C@H](OC(=O)c3ccccc3)[C@]3(O)C[C@H](OC(=O)[C@@H]4OC(c5ccc(OC)cc5)N(C(=O)OC(C)(C)C)[C@H]4C4CC4)C(C)=C([C@@H](OC(=O)OCC(Cl)(Cl)Cl)C(=O)[C@]12C)C3(C)C. The summed E-state index contributed by atoms with van der Waals surface area (Å²) in [5.74, 6) is -4.58. The first-order valence-electron chi connectivity index (χ1n) is 27.1. The van der Waals surface area contributed by atoms with E-state index in [2.05, 4.69) is 0 Å². The zero-order valence-corrected chi connectivity index (χ0v) is 50.2. The molecule has 8 rings (SSSR count). The lowest BCUT2D eigenvalue weighted by Gasteiger charge is -2.68. The van der Waals surface area contributed by atoms with Crippen molar-refractivity contribution < 1.29 is 80.9 Å².